The monoisotopic (exact) mass is 461 g/mol. The normalized spacial score (nSPS) is 11.6. The number of nitrogens with zero attached hydrogens (tertiary/aromatic N) is 1. The first-order valence-corrected chi connectivity index (χ1v) is 11.9. The lowest BCUT2D eigenvalue weighted by Gasteiger charge is -2.10. The van der Waals surface area contributed by atoms with Crippen molar-refractivity contribution in [2.24, 2.45) is 0 Å². The summed E-state index contributed by atoms with van der Waals surface area (Å²) in [6.45, 7) is 4.98. The van der Waals surface area contributed by atoms with Crippen LogP contribution in [-0.2, 0) is 24.2 Å². The molecular formula is C24H28ClNO4S. The fraction of sp³-hybridized carbons (Fsp3) is 0.375. The lowest BCUT2D eigenvalue weighted by Crippen LogP contribution is -1.98. The maximum atomic E-state index is 8.45. The molecule has 166 valence electrons. The number of aromatic nitrogens is 1. The van der Waals surface area contributed by atoms with Crippen LogP contribution in [0.4, 0.5) is 0 Å². The van der Waals surface area contributed by atoms with Gasteiger partial charge in [-0.3, -0.25) is 5.26 Å². The van der Waals surface area contributed by atoms with Gasteiger partial charge in [0.25, 0.3) is 0 Å². The SMILES string of the molecule is CCCc1c(OCC=CCSc2ccc(CCOO)cc2Cl)ccc2c(CC)noc12. The Hall–Kier alpha value is -1.99. The maximum Gasteiger partial charge on any atom is 0.174 e. The summed E-state index contributed by atoms with van der Waals surface area (Å²) in [5, 5.41) is 14.4. The summed E-state index contributed by atoms with van der Waals surface area (Å²) in [5.41, 5.74) is 3.96. The Morgan fingerprint density at radius 3 is 2.77 bits per heavy atom. The molecule has 7 heteroatoms. The number of hydrogen-bond acceptors (Lipinski definition) is 6. The van der Waals surface area contributed by atoms with Crippen molar-refractivity contribution >= 4 is 34.3 Å². The quantitative estimate of drug-likeness (QED) is 0.139. The molecule has 2 aromatic carbocycles. The van der Waals surface area contributed by atoms with E-state index in [-0.39, 0.29) is 6.61 Å². The summed E-state index contributed by atoms with van der Waals surface area (Å²) < 4.78 is 11.6. The van der Waals surface area contributed by atoms with Gasteiger partial charge < -0.3 is 9.26 Å². The topological polar surface area (TPSA) is 64.7 Å². The third-order valence-electron chi connectivity index (χ3n) is 4.93. The molecule has 3 aromatic rings. The van der Waals surface area contributed by atoms with Crippen molar-refractivity contribution in [1.82, 2.24) is 5.16 Å². The van der Waals surface area contributed by atoms with E-state index in [0.717, 1.165) is 63.5 Å². The Labute approximate surface area is 192 Å². The Bertz CT molecular complexity index is 1020. The number of thioether (sulfide) groups is 1. The highest BCUT2D eigenvalue weighted by molar-refractivity contribution is 7.99. The van der Waals surface area contributed by atoms with Crippen LogP contribution in [0.3, 0.4) is 0 Å². The summed E-state index contributed by atoms with van der Waals surface area (Å²) in [6, 6.07) is 9.97. The zero-order valence-electron chi connectivity index (χ0n) is 17.9. The second kappa shape index (κ2) is 12.2. The molecule has 0 unspecified atom stereocenters. The number of ether oxygens (including phenoxy) is 1. The van der Waals surface area contributed by atoms with E-state index in [1.165, 1.54) is 0 Å². The predicted molar refractivity (Wildman–Crippen MR) is 126 cm³/mol. The summed E-state index contributed by atoms with van der Waals surface area (Å²) in [4.78, 5) is 5.14. The third kappa shape index (κ3) is 6.26. The lowest BCUT2D eigenvalue weighted by atomic mass is 10.0. The minimum atomic E-state index is 0.259. The van der Waals surface area contributed by atoms with Crippen LogP contribution >= 0.6 is 23.4 Å². The average molecular weight is 462 g/mol. The number of hydrogen-bond donors (Lipinski definition) is 1. The predicted octanol–water partition coefficient (Wildman–Crippen LogP) is 6.76. The van der Waals surface area contributed by atoms with Crippen LogP contribution in [0.15, 0.2) is 51.9 Å². The van der Waals surface area contributed by atoms with Crippen molar-refractivity contribution in [1.29, 1.82) is 0 Å². The minimum Gasteiger partial charge on any atom is -0.489 e. The molecular weight excluding hydrogens is 434 g/mol. The van der Waals surface area contributed by atoms with Crippen molar-refractivity contribution in [3.63, 3.8) is 0 Å². The number of fused-ring (bicyclic) bond motifs is 1. The van der Waals surface area contributed by atoms with Crippen molar-refractivity contribution in [3.8, 4) is 5.75 Å². The van der Waals surface area contributed by atoms with Crippen LogP contribution in [0, 0.1) is 0 Å². The van der Waals surface area contributed by atoms with Crippen molar-refractivity contribution < 1.29 is 19.4 Å². The third-order valence-corrected chi connectivity index (χ3v) is 6.38. The van der Waals surface area contributed by atoms with Gasteiger partial charge in [0.1, 0.15) is 12.4 Å². The number of benzene rings is 2. The molecule has 0 saturated heterocycles. The minimum absolute atomic E-state index is 0.259. The van der Waals surface area contributed by atoms with E-state index >= 15 is 0 Å². The van der Waals surface area contributed by atoms with Crippen LogP contribution in [0.5, 0.6) is 5.75 Å². The van der Waals surface area contributed by atoms with Crippen molar-refractivity contribution in [3.05, 3.63) is 64.3 Å². The first-order chi connectivity index (χ1) is 15.2. The van der Waals surface area contributed by atoms with Crippen LogP contribution in [0.2, 0.25) is 5.02 Å². The molecule has 31 heavy (non-hydrogen) atoms. The highest BCUT2D eigenvalue weighted by Crippen LogP contribution is 2.32. The summed E-state index contributed by atoms with van der Waals surface area (Å²) >= 11 is 8.01. The van der Waals surface area contributed by atoms with Gasteiger partial charge >= 0.3 is 0 Å². The molecule has 0 fully saturated rings. The molecule has 1 N–H and O–H groups in total. The summed E-state index contributed by atoms with van der Waals surface area (Å²) in [7, 11) is 0. The smallest absolute Gasteiger partial charge is 0.174 e. The molecule has 5 nitrogen and oxygen atoms in total. The fourth-order valence-electron chi connectivity index (χ4n) is 3.36. The Morgan fingerprint density at radius 1 is 1.16 bits per heavy atom. The molecule has 0 aliphatic rings. The second-order valence-corrected chi connectivity index (χ2v) is 8.56. The highest BCUT2D eigenvalue weighted by Gasteiger charge is 2.15. The Kier molecular flexibility index (Phi) is 9.28. The zero-order valence-corrected chi connectivity index (χ0v) is 19.5. The van der Waals surface area contributed by atoms with E-state index in [2.05, 4.69) is 30.0 Å². The first-order valence-electron chi connectivity index (χ1n) is 10.5. The summed E-state index contributed by atoms with van der Waals surface area (Å²) in [6.07, 6.45) is 7.48. The van der Waals surface area contributed by atoms with E-state index < -0.39 is 0 Å². The molecule has 0 aliphatic heterocycles. The average Bonchev–Trinajstić information content (AvgIpc) is 3.20. The zero-order chi connectivity index (χ0) is 22.1. The molecule has 0 spiro atoms. The molecule has 0 amide bonds. The maximum absolute atomic E-state index is 8.45. The molecule has 0 bridgehead atoms. The number of halogens is 1. The van der Waals surface area contributed by atoms with Gasteiger partial charge in [0.15, 0.2) is 5.58 Å². The molecule has 0 saturated carbocycles. The van der Waals surface area contributed by atoms with E-state index in [1.54, 1.807) is 11.8 Å². The van der Waals surface area contributed by atoms with Crippen LogP contribution in [-0.4, -0.2) is 29.4 Å². The fourth-order valence-corrected chi connectivity index (χ4v) is 4.50. The van der Waals surface area contributed by atoms with Gasteiger partial charge in [0.05, 0.1) is 17.3 Å². The van der Waals surface area contributed by atoms with Crippen LogP contribution < -0.4 is 4.74 Å². The van der Waals surface area contributed by atoms with Crippen molar-refractivity contribution in [2.75, 3.05) is 19.0 Å². The van der Waals surface area contributed by atoms with Crippen LogP contribution in [0.1, 0.15) is 37.1 Å². The lowest BCUT2D eigenvalue weighted by molar-refractivity contribution is -0.241. The van der Waals surface area contributed by atoms with Crippen molar-refractivity contribution in [2.45, 2.75) is 44.4 Å². The molecule has 0 aliphatic carbocycles. The summed E-state index contributed by atoms with van der Waals surface area (Å²) in [5.74, 6) is 1.65. The molecule has 1 aromatic heterocycles. The molecule has 1 heterocycles. The second-order valence-electron chi connectivity index (χ2n) is 7.09. The Morgan fingerprint density at radius 2 is 2.03 bits per heavy atom. The Balaban J connectivity index is 1.54. The molecule has 0 atom stereocenters. The number of aryl methyl sites for hydroxylation is 2. The molecule has 3 rings (SSSR count). The van der Waals surface area contributed by atoms with Gasteiger partial charge in [-0.25, -0.2) is 4.89 Å². The first kappa shape index (κ1) is 23.7. The van der Waals surface area contributed by atoms with Gasteiger partial charge in [-0.1, -0.05) is 55.2 Å². The van der Waals surface area contributed by atoms with Gasteiger partial charge in [-0.15, -0.1) is 11.8 Å². The largest absolute Gasteiger partial charge is 0.489 e. The standard InChI is InChI=1S/C24H28ClNO4S/c1-3-7-19-22(10-9-18-21(4-2)26-30-24(18)19)28-13-5-6-15-31-23-11-8-17(12-14-29-27)16-20(23)25/h5-6,8-11,16,27H,3-4,7,12-15H2,1-2H3. The van der Waals surface area contributed by atoms with Gasteiger partial charge in [0.2, 0.25) is 0 Å². The number of rotatable bonds is 12. The van der Waals surface area contributed by atoms with E-state index in [9.17, 15) is 0 Å². The van der Waals surface area contributed by atoms with Gasteiger partial charge in [-0.2, -0.15) is 0 Å². The molecule has 0 radical (unpaired) electrons. The van der Waals surface area contributed by atoms with E-state index in [4.69, 9.17) is 26.1 Å². The van der Waals surface area contributed by atoms with Crippen LogP contribution in [0.25, 0.3) is 11.0 Å². The van der Waals surface area contributed by atoms with E-state index in [0.29, 0.717) is 18.1 Å². The van der Waals surface area contributed by atoms with Gasteiger partial charge in [0, 0.05) is 21.6 Å². The van der Waals surface area contributed by atoms with E-state index in [1.807, 2.05) is 36.4 Å². The van der Waals surface area contributed by atoms with Gasteiger partial charge in [-0.05, 0) is 49.1 Å². The highest BCUT2D eigenvalue weighted by atomic mass is 35.5.